The van der Waals surface area contributed by atoms with Gasteiger partial charge in [-0.15, -0.1) is 5.10 Å². The molecule has 1 aliphatic rings. The number of aromatic nitrogens is 3. The highest BCUT2D eigenvalue weighted by atomic mass is 32.2. The molecule has 4 aromatic rings. The number of rotatable bonds is 8. The van der Waals surface area contributed by atoms with Crippen molar-refractivity contribution in [3.63, 3.8) is 0 Å². The molecule has 0 bridgehead atoms. The van der Waals surface area contributed by atoms with Gasteiger partial charge in [-0.25, -0.2) is 9.07 Å². The second kappa shape index (κ2) is 11.0. The van der Waals surface area contributed by atoms with Gasteiger partial charge < -0.3 is 20.1 Å². The van der Waals surface area contributed by atoms with Gasteiger partial charge in [-0.2, -0.15) is 4.98 Å². The predicted octanol–water partition coefficient (Wildman–Crippen LogP) is 5.65. The van der Waals surface area contributed by atoms with Crippen LogP contribution in [-0.2, 0) is 10.5 Å². The predicted molar refractivity (Wildman–Crippen MR) is 145 cm³/mol. The Labute approximate surface area is 223 Å². The van der Waals surface area contributed by atoms with E-state index in [2.05, 4.69) is 15.6 Å². The van der Waals surface area contributed by atoms with Crippen LogP contribution in [0.5, 0.6) is 11.5 Å². The van der Waals surface area contributed by atoms with Crippen LogP contribution in [0.3, 0.4) is 0 Å². The van der Waals surface area contributed by atoms with E-state index in [9.17, 15) is 9.18 Å². The fourth-order valence-corrected chi connectivity index (χ4v) is 5.06. The molecule has 1 atom stereocenters. The normalized spacial score (nSPS) is 14.5. The topological polar surface area (TPSA) is 90.3 Å². The smallest absolute Gasteiger partial charge is 0.255 e. The van der Waals surface area contributed by atoms with Gasteiger partial charge >= 0.3 is 0 Å². The van der Waals surface area contributed by atoms with E-state index in [4.69, 9.17) is 14.6 Å². The Morgan fingerprint density at radius 3 is 2.63 bits per heavy atom. The molecule has 1 amide bonds. The Bertz CT molecular complexity index is 1500. The number of anilines is 2. The maximum atomic E-state index is 13.8. The SMILES string of the molecule is COc1cccc(CSc2nc3n(n2)[C@H](c2ccc(F)cc2)C(C(=O)Nc2ccccc2OC)=C(C)N3)c1. The van der Waals surface area contributed by atoms with E-state index in [1.807, 2.05) is 43.3 Å². The number of halogens is 1. The van der Waals surface area contributed by atoms with E-state index in [0.29, 0.717) is 45.1 Å². The first-order valence-electron chi connectivity index (χ1n) is 11.9. The number of para-hydroxylation sites is 2. The van der Waals surface area contributed by atoms with E-state index < -0.39 is 6.04 Å². The fraction of sp³-hybridized carbons (Fsp3) is 0.179. The van der Waals surface area contributed by atoms with Gasteiger partial charge in [0.15, 0.2) is 0 Å². The summed E-state index contributed by atoms with van der Waals surface area (Å²) in [5, 5.41) is 11.5. The Balaban J connectivity index is 1.48. The standard InChI is InChI=1S/C28H26FN5O3S/c1-17-24(26(35)31-22-9-4-5-10-23(22)37-3)25(19-11-13-20(29)14-12-19)34-27(30-17)32-28(33-34)38-16-18-7-6-8-21(15-18)36-2/h4-15,25H,16H2,1-3H3,(H,31,35)(H,30,32,33)/t25-/m1/s1. The summed E-state index contributed by atoms with van der Waals surface area (Å²) in [5.74, 6) is 1.76. The third kappa shape index (κ3) is 5.21. The summed E-state index contributed by atoms with van der Waals surface area (Å²) < 4.78 is 26.2. The van der Waals surface area contributed by atoms with Gasteiger partial charge in [-0.1, -0.05) is 48.2 Å². The minimum Gasteiger partial charge on any atom is -0.497 e. The molecule has 0 saturated carbocycles. The summed E-state index contributed by atoms with van der Waals surface area (Å²) in [6.07, 6.45) is 0. The van der Waals surface area contributed by atoms with E-state index in [1.165, 1.54) is 23.9 Å². The minimum atomic E-state index is -0.625. The van der Waals surface area contributed by atoms with Crippen LogP contribution >= 0.6 is 11.8 Å². The van der Waals surface area contributed by atoms with Crippen molar-refractivity contribution in [2.45, 2.75) is 23.9 Å². The highest BCUT2D eigenvalue weighted by Gasteiger charge is 2.34. The lowest BCUT2D eigenvalue weighted by molar-refractivity contribution is -0.113. The Hall–Kier alpha value is -4.31. The van der Waals surface area contributed by atoms with Crippen LogP contribution in [0.1, 0.15) is 24.1 Å². The first kappa shape index (κ1) is 25.3. The molecular weight excluding hydrogens is 505 g/mol. The highest BCUT2D eigenvalue weighted by molar-refractivity contribution is 7.98. The second-order valence-electron chi connectivity index (χ2n) is 8.57. The third-order valence-corrected chi connectivity index (χ3v) is 7.03. The number of hydrogen-bond donors (Lipinski definition) is 2. The van der Waals surface area contributed by atoms with Gasteiger partial charge in [0.05, 0.1) is 25.5 Å². The Kier molecular flexibility index (Phi) is 7.32. The van der Waals surface area contributed by atoms with Crippen molar-refractivity contribution in [3.8, 4) is 11.5 Å². The molecule has 5 rings (SSSR count). The average molecular weight is 532 g/mol. The number of ether oxygens (including phenoxy) is 2. The monoisotopic (exact) mass is 531 g/mol. The Morgan fingerprint density at radius 1 is 1.08 bits per heavy atom. The van der Waals surface area contributed by atoms with Crippen LogP contribution in [0.25, 0.3) is 0 Å². The third-order valence-electron chi connectivity index (χ3n) is 6.12. The molecule has 0 radical (unpaired) electrons. The van der Waals surface area contributed by atoms with Gasteiger partial charge in [0, 0.05) is 11.4 Å². The molecule has 0 spiro atoms. The molecule has 0 fully saturated rings. The molecular formula is C28H26FN5O3S. The minimum absolute atomic E-state index is 0.333. The Morgan fingerprint density at radius 2 is 1.87 bits per heavy atom. The summed E-state index contributed by atoms with van der Waals surface area (Å²) >= 11 is 1.47. The second-order valence-corrected chi connectivity index (χ2v) is 9.52. The molecule has 10 heteroatoms. The lowest BCUT2D eigenvalue weighted by atomic mass is 9.95. The number of nitrogens with one attached hydrogen (secondary N) is 2. The summed E-state index contributed by atoms with van der Waals surface area (Å²) in [5.41, 5.74) is 3.36. The lowest BCUT2D eigenvalue weighted by Crippen LogP contribution is -2.31. The van der Waals surface area contributed by atoms with Crippen molar-refractivity contribution in [1.82, 2.24) is 14.8 Å². The quantitative estimate of drug-likeness (QED) is 0.284. The fourth-order valence-electron chi connectivity index (χ4n) is 4.29. The van der Waals surface area contributed by atoms with E-state index >= 15 is 0 Å². The first-order valence-corrected chi connectivity index (χ1v) is 12.8. The van der Waals surface area contributed by atoms with Crippen molar-refractivity contribution in [1.29, 1.82) is 0 Å². The lowest BCUT2D eigenvalue weighted by Gasteiger charge is -2.28. The van der Waals surface area contributed by atoms with Crippen LogP contribution in [0.15, 0.2) is 89.2 Å². The number of methoxy groups -OCH3 is 2. The molecule has 1 aliphatic heterocycles. The molecule has 0 aliphatic carbocycles. The molecule has 1 aromatic heterocycles. The highest BCUT2D eigenvalue weighted by Crippen LogP contribution is 2.37. The molecule has 3 aromatic carbocycles. The zero-order valence-corrected chi connectivity index (χ0v) is 21.9. The number of amides is 1. The van der Waals surface area contributed by atoms with Gasteiger partial charge in [0.25, 0.3) is 5.91 Å². The zero-order chi connectivity index (χ0) is 26.6. The van der Waals surface area contributed by atoms with Crippen molar-refractivity contribution in [2.24, 2.45) is 0 Å². The number of allylic oxidation sites excluding steroid dienone is 1. The van der Waals surface area contributed by atoms with Crippen molar-refractivity contribution < 1.29 is 18.7 Å². The summed E-state index contributed by atoms with van der Waals surface area (Å²) in [7, 11) is 3.18. The van der Waals surface area contributed by atoms with Crippen molar-refractivity contribution >= 4 is 29.3 Å². The molecule has 2 N–H and O–H groups in total. The van der Waals surface area contributed by atoms with Gasteiger partial charge in [-0.05, 0) is 54.4 Å². The molecule has 0 saturated heterocycles. The number of thioether (sulfide) groups is 1. The first-order chi connectivity index (χ1) is 18.5. The van der Waals surface area contributed by atoms with Crippen LogP contribution in [0.2, 0.25) is 0 Å². The van der Waals surface area contributed by atoms with Crippen molar-refractivity contribution in [2.75, 3.05) is 24.9 Å². The average Bonchev–Trinajstić information content (AvgIpc) is 3.34. The van der Waals surface area contributed by atoms with Crippen LogP contribution in [0.4, 0.5) is 16.0 Å². The van der Waals surface area contributed by atoms with Crippen LogP contribution in [0, 0.1) is 5.82 Å². The molecule has 194 valence electrons. The number of hydrogen-bond acceptors (Lipinski definition) is 7. The zero-order valence-electron chi connectivity index (χ0n) is 21.1. The number of nitrogens with zero attached hydrogens (tertiary/aromatic N) is 3. The number of carbonyl (C=O) groups excluding carboxylic acids is 1. The maximum Gasteiger partial charge on any atom is 0.255 e. The van der Waals surface area contributed by atoms with E-state index in [-0.39, 0.29) is 11.7 Å². The van der Waals surface area contributed by atoms with Crippen LogP contribution < -0.4 is 20.1 Å². The molecule has 2 heterocycles. The molecule has 0 unspecified atom stereocenters. The number of benzene rings is 3. The molecule has 8 nitrogen and oxygen atoms in total. The summed E-state index contributed by atoms with van der Waals surface area (Å²) in [6, 6.07) is 20.4. The number of carbonyl (C=O) groups is 1. The van der Waals surface area contributed by atoms with E-state index in [0.717, 1.165) is 11.3 Å². The van der Waals surface area contributed by atoms with Gasteiger partial charge in [0.2, 0.25) is 11.1 Å². The van der Waals surface area contributed by atoms with Crippen molar-refractivity contribution in [3.05, 3.63) is 101 Å². The van der Waals surface area contributed by atoms with Crippen LogP contribution in [-0.4, -0.2) is 34.9 Å². The van der Waals surface area contributed by atoms with E-state index in [1.54, 1.807) is 43.2 Å². The summed E-state index contributed by atoms with van der Waals surface area (Å²) in [4.78, 5) is 18.3. The van der Waals surface area contributed by atoms with Gasteiger partial charge in [-0.3, -0.25) is 4.79 Å². The number of fused-ring (bicyclic) bond motifs is 1. The van der Waals surface area contributed by atoms with Gasteiger partial charge in [0.1, 0.15) is 23.4 Å². The largest absolute Gasteiger partial charge is 0.497 e. The molecule has 38 heavy (non-hydrogen) atoms. The summed E-state index contributed by atoms with van der Waals surface area (Å²) in [6.45, 7) is 1.81. The maximum absolute atomic E-state index is 13.8.